The molecule has 0 saturated carbocycles. The zero-order valence-corrected chi connectivity index (χ0v) is 15.0. The highest BCUT2D eigenvalue weighted by Crippen LogP contribution is 2.29. The monoisotopic (exact) mass is 338 g/mol. The molecule has 8 nitrogen and oxygen atoms in total. The van der Waals surface area contributed by atoms with Crippen molar-refractivity contribution in [2.75, 3.05) is 19.7 Å². The van der Waals surface area contributed by atoms with Crippen molar-refractivity contribution >= 4 is 12.1 Å². The van der Waals surface area contributed by atoms with Gasteiger partial charge in [0.15, 0.2) is 5.69 Å². The summed E-state index contributed by atoms with van der Waals surface area (Å²) in [4.78, 5) is 25.9. The fourth-order valence-electron chi connectivity index (χ4n) is 2.75. The molecule has 0 N–H and O–H groups in total. The maximum absolute atomic E-state index is 12.1. The SMILES string of the molecule is CCOC(=O)c1c(C2CCN(C(=O)OC(C)(C)C)CC2)nnn1C. The van der Waals surface area contributed by atoms with Crippen molar-refractivity contribution in [2.45, 2.75) is 52.1 Å². The van der Waals surface area contributed by atoms with Crippen molar-refractivity contribution in [1.82, 2.24) is 19.9 Å². The van der Waals surface area contributed by atoms with Crippen molar-refractivity contribution < 1.29 is 19.1 Å². The minimum atomic E-state index is -0.504. The summed E-state index contributed by atoms with van der Waals surface area (Å²) in [5.74, 6) is -0.327. The first-order chi connectivity index (χ1) is 11.2. The molecule has 0 aliphatic carbocycles. The van der Waals surface area contributed by atoms with E-state index in [-0.39, 0.29) is 12.0 Å². The van der Waals surface area contributed by atoms with Gasteiger partial charge in [-0.3, -0.25) is 0 Å². The van der Waals surface area contributed by atoms with Gasteiger partial charge in [-0.15, -0.1) is 5.10 Å². The highest BCUT2D eigenvalue weighted by molar-refractivity contribution is 5.88. The summed E-state index contributed by atoms with van der Waals surface area (Å²) in [6.07, 6.45) is 1.13. The van der Waals surface area contributed by atoms with Gasteiger partial charge in [0.05, 0.1) is 6.61 Å². The molecule has 0 spiro atoms. The average molecular weight is 338 g/mol. The van der Waals surface area contributed by atoms with E-state index in [0.29, 0.717) is 43.9 Å². The molecular formula is C16H26N4O4. The van der Waals surface area contributed by atoms with Crippen molar-refractivity contribution in [3.05, 3.63) is 11.4 Å². The van der Waals surface area contributed by atoms with Crippen LogP contribution in [0, 0.1) is 0 Å². The van der Waals surface area contributed by atoms with Crippen molar-refractivity contribution in [3.63, 3.8) is 0 Å². The first kappa shape index (κ1) is 18.2. The highest BCUT2D eigenvalue weighted by atomic mass is 16.6. The summed E-state index contributed by atoms with van der Waals surface area (Å²) >= 11 is 0. The molecule has 1 aliphatic heterocycles. The Kier molecular flexibility index (Phi) is 5.46. The molecule has 0 radical (unpaired) electrons. The summed E-state index contributed by atoms with van der Waals surface area (Å²) < 4.78 is 11.9. The molecule has 2 rings (SSSR count). The fraction of sp³-hybridized carbons (Fsp3) is 0.750. The molecular weight excluding hydrogens is 312 g/mol. The summed E-state index contributed by atoms with van der Waals surface area (Å²) in [7, 11) is 1.68. The number of piperidine rings is 1. The smallest absolute Gasteiger partial charge is 0.410 e. The van der Waals surface area contributed by atoms with Crippen molar-refractivity contribution in [2.24, 2.45) is 7.05 Å². The summed E-state index contributed by atoms with van der Waals surface area (Å²) in [6, 6.07) is 0. The summed E-state index contributed by atoms with van der Waals surface area (Å²) in [5.41, 5.74) is 0.544. The summed E-state index contributed by atoms with van der Waals surface area (Å²) in [6.45, 7) is 8.76. The Balaban J connectivity index is 2.03. The molecule has 8 heteroatoms. The van der Waals surface area contributed by atoms with Gasteiger partial charge in [-0.05, 0) is 40.5 Å². The van der Waals surface area contributed by atoms with E-state index in [4.69, 9.17) is 9.47 Å². The quantitative estimate of drug-likeness (QED) is 0.785. The predicted octanol–water partition coefficient (Wildman–Crippen LogP) is 2.11. The van der Waals surface area contributed by atoms with E-state index in [0.717, 1.165) is 0 Å². The first-order valence-electron chi connectivity index (χ1n) is 8.27. The van der Waals surface area contributed by atoms with Crippen LogP contribution in [0.5, 0.6) is 0 Å². The van der Waals surface area contributed by atoms with Crippen LogP contribution in [0.4, 0.5) is 4.79 Å². The van der Waals surface area contributed by atoms with Gasteiger partial charge in [0.2, 0.25) is 0 Å². The highest BCUT2D eigenvalue weighted by Gasteiger charge is 2.32. The standard InChI is InChI=1S/C16H26N4O4/c1-6-23-14(21)13-12(17-18-19(13)5)11-7-9-20(10-8-11)15(22)24-16(2,3)4/h11H,6-10H2,1-5H3. The number of esters is 1. The second-order valence-electron chi connectivity index (χ2n) is 6.91. The van der Waals surface area contributed by atoms with Crippen LogP contribution in [-0.4, -0.2) is 57.3 Å². The lowest BCUT2D eigenvalue weighted by Crippen LogP contribution is -2.41. The predicted molar refractivity (Wildman–Crippen MR) is 86.7 cm³/mol. The molecule has 1 fully saturated rings. The molecule has 24 heavy (non-hydrogen) atoms. The zero-order valence-electron chi connectivity index (χ0n) is 15.0. The lowest BCUT2D eigenvalue weighted by atomic mass is 9.92. The molecule has 0 bridgehead atoms. The van der Waals surface area contributed by atoms with Crippen LogP contribution in [-0.2, 0) is 16.5 Å². The Hall–Kier alpha value is -2.12. The molecule has 134 valence electrons. The molecule has 2 heterocycles. The van der Waals surface area contributed by atoms with Gasteiger partial charge in [0, 0.05) is 26.1 Å². The normalized spacial score (nSPS) is 16.1. The molecule has 0 unspecified atom stereocenters. The van der Waals surface area contributed by atoms with E-state index in [1.807, 2.05) is 20.8 Å². The van der Waals surface area contributed by atoms with E-state index in [1.165, 1.54) is 4.68 Å². The lowest BCUT2D eigenvalue weighted by molar-refractivity contribution is 0.0202. The number of likely N-dealkylation sites (tertiary alicyclic amines) is 1. The fourth-order valence-corrected chi connectivity index (χ4v) is 2.75. The van der Waals surface area contributed by atoms with Crippen LogP contribution in [0.15, 0.2) is 0 Å². The van der Waals surface area contributed by atoms with Crippen molar-refractivity contribution in [1.29, 1.82) is 0 Å². The number of hydrogen-bond donors (Lipinski definition) is 0. The molecule has 1 aromatic heterocycles. The van der Waals surface area contributed by atoms with Gasteiger partial charge in [-0.25, -0.2) is 14.3 Å². The Bertz CT molecular complexity index is 598. The maximum Gasteiger partial charge on any atom is 0.410 e. The second kappa shape index (κ2) is 7.19. The number of carbonyl (C=O) groups is 2. The van der Waals surface area contributed by atoms with Crippen LogP contribution in [0.2, 0.25) is 0 Å². The van der Waals surface area contributed by atoms with Gasteiger partial charge in [-0.2, -0.15) is 0 Å². The Morgan fingerprint density at radius 3 is 2.42 bits per heavy atom. The number of amides is 1. The molecule has 1 saturated heterocycles. The van der Waals surface area contributed by atoms with E-state index in [9.17, 15) is 9.59 Å². The van der Waals surface area contributed by atoms with Gasteiger partial charge < -0.3 is 14.4 Å². The van der Waals surface area contributed by atoms with Crippen LogP contribution in [0.25, 0.3) is 0 Å². The van der Waals surface area contributed by atoms with E-state index < -0.39 is 11.6 Å². The molecule has 1 aliphatic rings. The van der Waals surface area contributed by atoms with Crippen LogP contribution in [0.3, 0.4) is 0 Å². The van der Waals surface area contributed by atoms with E-state index >= 15 is 0 Å². The number of ether oxygens (including phenoxy) is 2. The average Bonchev–Trinajstić information content (AvgIpc) is 2.88. The minimum Gasteiger partial charge on any atom is -0.461 e. The third-order valence-corrected chi connectivity index (χ3v) is 3.85. The van der Waals surface area contributed by atoms with Gasteiger partial charge in [-0.1, -0.05) is 5.21 Å². The Morgan fingerprint density at radius 2 is 1.88 bits per heavy atom. The van der Waals surface area contributed by atoms with Crippen LogP contribution in [0.1, 0.15) is 62.6 Å². The number of aryl methyl sites for hydroxylation is 1. The largest absolute Gasteiger partial charge is 0.461 e. The van der Waals surface area contributed by atoms with Gasteiger partial charge in [0.1, 0.15) is 11.3 Å². The number of nitrogens with zero attached hydrogens (tertiary/aromatic N) is 4. The third kappa shape index (κ3) is 4.24. The topological polar surface area (TPSA) is 86.6 Å². The molecule has 0 atom stereocenters. The van der Waals surface area contributed by atoms with Gasteiger partial charge in [0.25, 0.3) is 0 Å². The second-order valence-corrected chi connectivity index (χ2v) is 6.91. The summed E-state index contributed by atoms with van der Waals surface area (Å²) in [5, 5.41) is 8.11. The van der Waals surface area contributed by atoms with E-state index in [2.05, 4.69) is 10.3 Å². The number of hydrogen-bond acceptors (Lipinski definition) is 6. The molecule has 0 aromatic carbocycles. The Labute approximate surface area is 142 Å². The van der Waals surface area contributed by atoms with Crippen molar-refractivity contribution in [3.8, 4) is 0 Å². The first-order valence-corrected chi connectivity index (χ1v) is 8.27. The maximum atomic E-state index is 12.1. The zero-order chi connectivity index (χ0) is 17.9. The van der Waals surface area contributed by atoms with E-state index in [1.54, 1.807) is 18.9 Å². The molecule has 1 aromatic rings. The number of carbonyl (C=O) groups excluding carboxylic acids is 2. The minimum absolute atomic E-state index is 0.0804. The van der Waals surface area contributed by atoms with Crippen LogP contribution < -0.4 is 0 Å². The third-order valence-electron chi connectivity index (χ3n) is 3.85. The molecule has 1 amide bonds. The van der Waals surface area contributed by atoms with Crippen LogP contribution >= 0.6 is 0 Å². The Morgan fingerprint density at radius 1 is 1.25 bits per heavy atom. The number of rotatable bonds is 3. The lowest BCUT2D eigenvalue weighted by Gasteiger charge is -2.33. The van der Waals surface area contributed by atoms with Gasteiger partial charge >= 0.3 is 12.1 Å². The number of aromatic nitrogens is 3.